The number of aromatic hydroxyl groups is 1. The average molecular weight is 218 g/mol. The average Bonchev–Trinajstić information content (AvgIpc) is 2.28. The van der Waals surface area contributed by atoms with Gasteiger partial charge in [-0.05, 0) is 49.8 Å². The van der Waals surface area contributed by atoms with Crippen molar-refractivity contribution >= 4 is 0 Å². The molecule has 0 aliphatic heterocycles. The summed E-state index contributed by atoms with van der Waals surface area (Å²) in [5.41, 5.74) is 1.23. The van der Waals surface area contributed by atoms with Crippen LogP contribution in [0.5, 0.6) is 5.75 Å². The molecule has 1 aromatic carbocycles. The summed E-state index contributed by atoms with van der Waals surface area (Å²) in [6.07, 6.45) is 11.7. The van der Waals surface area contributed by atoms with Crippen LogP contribution in [0.2, 0.25) is 0 Å². The second kappa shape index (κ2) is 7.98. The molecule has 0 aliphatic rings. The predicted octanol–water partition coefficient (Wildman–Crippen LogP) is 4.46. The highest BCUT2D eigenvalue weighted by atomic mass is 16.3. The number of aryl methyl sites for hydroxylation is 1. The molecule has 0 atom stereocenters. The van der Waals surface area contributed by atoms with Gasteiger partial charge < -0.3 is 5.11 Å². The lowest BCUT2D eigenvalue weighted by Crippen LogP contribution is -1.84. The Morgan fingerprint density at radius 3 is 2.69 bits per heavy atom. The zero-order valence-electron chi connectivity index (χ0n) is 10.2. The maximum atomic E-state index is 9.30. The molecule has 1 aromatic rings. The first kappa shape index (κ1) is 12.8. The number of hydrogen-bond donors (Lipinski definition) is 1. The fraction of sp³-hybridized carbons (Fsp3) is 0.467. The van der Waals surface area contributed by atoms with Crippen LogP contribution in [-0.4, -0.2) is 5.11 Å². The predicted molar refractivity (Wildman–Crippen MR) is 69.7 cm³/mol. The summed E-state index contributed by atoms with van der Waals surface area (Å²) in [5.74, 6) is 0.375. The number of phenols is 1. The Balaban J connectivity index is 2.11. The normalized spacial score (nSPS) is 11.1. The standard InChI is InChI=1S/C15H22O/c1-2-3-4-5-6-7-8-10-14-11-9-12-15(16)13-14/h4-5,9,11-13,16H,2-3,6-8,10H2,1H3/b5-4+. The van der Waals surface area contributed by atoms with Crippen LogP contribution < -0.4 is 0 Å². The lowest BCUT2D eigenvalue weighted by atomic mass is 10.1. The third kappa shape index (κ3) is 5.59. The molecule has 0 radical (unpaired) electrons. The molecule has 0 amide bonds. The van der Waals surface area contributed by atoms with Gasteiger partial charge in [0.1, 0.15) is 5.75 Å². The molecule has 0 fully saturated rings. The van der Waals surface area contributed by atoms with Gasteiger partial charge >= 0.3 is 0 Å². The molecule has 0 aromatic heterocycles. The third-order valence-electron chi connectivity index (χ3n) is 2.62. The molecular weight excluding hydrogens is 196 g/mol. The topological polar surface area (TPSA) is 20.2 Å². The van der Waals surface area contributed by atoms with Gasteiger partial charge in [-0.25, -0.2) is 0 Å². The SMILES string of the molecule is CCC/C=C/CCCCc1cccc(O)c1. The zero-order chi connectivity index (χ0) is 11.6. The van der Waals surface area contributed by atoms with Crippen LogP contribution in [0.15, 0.2) is 36.4 Å². The zero-order valence-corrected chi connectivity index (χ0v) is 10.2. The first-order chi connectivity index (χ1) is 7.83. The van der Waals surface area contributed by atoms with Gasteiger partial charge in [0.25, 0.3) is 0 Å². The van der Waals surface area contributed by atoms with Crippen LogP contribution >= 0.6 is 0 Å². The van der Waals surface area contributed by atoms with Gasteiger partial charge in [-0.1, -0.05) is 37.6 Å². The van der Waals surface area contributed by atoms with Crippen molar-refractivity contribution in [3.63, 3.8) is 0 Å². The summed E-state index contributed by atoms with van der Waals surface area (Å²) in [6.45, 7) is 2.20. The lowest BCUT2D eigenvalue weighted by molar-refractivity contribution is 0.474. The quantitative estimate of drug-likeness (QED) is 0.529. The maximum Gasteiger partial charge on any atom is 0.115 e. The van der Waals surface area contributed by atoms with Gasteiger partial charge in [-0.3, -0.25) is 0 Å². The van der Waals surface area contributed by atoms with E-state index < -0.39 is 0 Å². The molecule has 1 heteroatoms. The fourth-order valence-corrected chi connectivity index (χ4v) is 1.71. The summed E-state index contributed by atoms with van der Waals surface area (Å²) in [5, 5.41) is 9.30. The van der Waals surface area contributed by atoms with Gasteiger partial charge in [0.05, 0.1) is 0 Å². The minimum atomic E-state index is 0.375. The van der Waals surface area contributed by atoms with Gasteiger partial charge in [0.15, 0.2) is 0 Å². The monoisotopic (exact) mass is 218 g/mol. The minimum absolute atomic E-state index is 0.375. The molecule has 0 aliphatic carbocycles. The Morgan fingerprint density at radius 1 is 1.12 bits per heavy atom. The van der Waals surface area contributed by atoms with Crippen LogP contribution in [-0.2, 0) is 6.42 Å². The highest BCUT2D eigenvalue weighted by Gasteiger charge is 1.94. The molecule has 88 valence electrons. The van der Waals surface area contributed by atoms with Crippen molar-refractivity contribution in [1.82, 2.24) is 0 Å². The van der Waals surface area contributed by atoms with E-state index in [0.717, 1.165) is 6.42 Å². The van der Waals surface area contributed by atoms with Crippen molar-refractivity contribution in [1.29, 1.82) is 0 Å². The van der Waals surface area contributed by atoms with Crippen LogP contribution in [0.4, 0.5) is 0 Å². The van der Waals surface area contributed by atoms with Crippen LogP contribution in [0.1, 0.15) is 44.6 Å². The summed E-state index contributed by atoms with van der Waals surface area (Å²) < 4.78 is 0. The van der Waals surface area contributed by atoms with Crippen molar-refractivity contribution in [2.75, 3.05) is 0 Å². The molecule has 1 rings (SSSR count). The van der Waals surface area contributed by atoms with Gasteiger partial charge in [0.2, 0.25) is 0 Å². The number of hydrogen-bond acceptors (Lipinski definition) is 1. The number of benzene rings is 1. The fourth-order valence-electron chi connectivity index (χ4n) is 1.71. The van der Waals surface area contributed by atoms with Gasteiger partial charge in [-0.15, -0.1) is 0 Å². The van der Waals surface area contributed by atoms with Crippen LogP contribution in [0, 0.1) is 0 Å². The highest BCUT2D eigenvalue weighted by Crippen LogP contribution is 2.13. The second-order valence-electron chi connectivity index (χ2n) is 4.18. The van der Waals surface area contributed by atoms with Crippen molar-refractivity contribution < 1.29 is 5.11 Å². The maximum absolute atomic E-state index is 9.30. The van der Waals surface area contributed by atoms with Crippen molar-refractivity contribution in [3.8, 4) is 5.75 Å². The molecule has 0 saturated carbocycles. The summed E-state index contributed by atoms with van der Waals surface area (Å²) in [6, 6.07) is 7.56. The number of phenolic OH excluding ortho intramolecular Hbond substituents is 1. The molecule has 16 heavy (non-hydrogen) atoms. The smallest absolute Gasteiger partial charge is 0.115 e. The van der Waals surface area contributed by atoms with Gasteiger partial charge in [-0.2, -0.15) is 0 Å². The molecule has 0 spiro atoms. The molecule has 0 unspecified atom stereocenters. The summed E-state index contributed by atoms with van der Waals surface area (Å²) in [4.78, 5) is 0. The van der Waals surface area contributed by atoms with Crippen molar-refractivity contribution in [2.24, 2.45) is 0 Å². The molecule has 0 saturated heterocycles. The van der Waals surface area contributed by atoms with E-state index in [0.29, 0.717) is 5.75 Å². The molecule has 0 bridgehead atoms. The lowest BCUT2D eigenvalue weighted by Gasteiger charge is -2.00. The second-order valence-corrected chi connectivity index (χ2v) is 4.18. The molecule has 1 nitrogen and oxygen atoms in total. The van der Waals surface area contributed by atoms with Crippen LogP contribution in [0.3, 0.4) is 0 Å². The Bertz CT molecular complexity index is 315. The Labute approximate surface area is 98.8 Å². The van der Waals surface area contributed by atoms with Crippen molar-refractivity contribution in [3.05, 3.63) is 42.0 Å². The highest BCUT2D eigenvalue weighted by molar-refractivity contribution is 5.27. The van der Waals surface area contributed by atoms with Crippen molar-refractivity contribution in [2.45, 2.75) is 45.4 Å². The number of unbranched alkanes of at least 4 members (excludes halogenated alkanes) is 3. The largest absolute Gasteiger partial charge is 0.508 e. The first-order valence-electron chi connectivity index (χ1n) is 6.26. The Hall–Kier alpha value is -1.24. The van der Waals surface area contributed by atoms with E-state index in [1.54, 1.807) is 6.07 Å². The van der Waals surface area contributed by atoms with E-state index in [-0.39, 0.29) is 0 Å². The van der Waals surface area contributed by atoms with E-state index in [1.807, 2.05) is 12.1 Å². The third-order valence-corrected chi connectivity index (χ3v) is 2.62. The summed E-state index contributed by atoms with van der Waals surface area (Å²) >= 11 is 0. The van der Waals surface area contributed by atoms with E-state index in [9.17, 15) is 5.11 Å². The summed E-state index contributed by atoms with van der Waals surface area (Å²) in [7, 11) is 0. The first-order valence-corrected chi connectivity index (χ1v) is 6.26. The number of rotatable bonds is 7. The molecule has 1 N–H and O–H groups in total. The van der Waals surface area contributed by atoms with E-state index >= 15 is 0 Å². The minimum Gasteiger partial charge on any atom is -0.508 e. The Kier molecular flexibility index (Phi) is 6.39. The van der Waals surface area contributed by atoms with E-state index in [1.165, 1.54) is 37.7 Å². The molecule has 0 heterocycles. The van der Waals surface area contributed by atoms with E-state index in [4.69, 9.17) is 0 Å². The Morgan fingerprint density at radius 2 is 1.94 bits per heavy atom. The number of allylic oxidation sites excluding steroid dienone is 2. The van der Waals surface area contributed by atoms with Gasteiger partial charge in [0, 0.05) is 0 Å². The van der Waals surface area contributed by atoms with Crippen LogP contribution in [0.25, 0.3) is 0 Å². The van der Waals surface area contributed by atoms with E-state index in [2.05, 4.69) is 25.1 Å². The molecular formula is C15H22O.